The normalized spacial score (nSPS) is 12.0. The van der Waals surface area contributed by atoms with E-state index in [1.165, 1.54) is 65.3 Å². The van der Waals surface area contributed by atoms with E-state index in [0.29, 0.717) is 0 Å². The number of hydrogen-bond acceptors (Lipinski definition) is 1. The average molecular weight is 636 g/mol. The van der Waals surface area contributed by atoms with E-state index >= 15 is 0 Å². The highest BCUT2D eigenvalue weighted by molar-refractivity contribution is 6.25. The van der Waals surface area contributed by atoms with E-state index in [1.54, 1.807) is 0 Å². The van der Waals surface area contributed by atoms with E-state index in [0.717, 1.165) is 38.8 Å². The van der Waals surface area contributed by atoms with Crippen molar-refractivity contribution in [3.05, 3.63) is 176 Å². The maximum absolute atomic E-state index is 6.42. The molecule has 0 unspecified atom stereocenters. The highest BCUT2D eigenvalue weighted by Crippen LogP contribution is 2.40. The van der Waals surface area contributed by atoms with Gasteiger partial charge in [-0.1, -0.05) is 133 Å². The van der Waals surface area contributed by atoms with Gasteiger partial charge in [0, 0.05) is 32.8 Å². The third kappa shape index (κ3) is 3.90. The van der Waals surface area contributed by atoms with Gasteiger partial charge in [-0.15, -0.1) is 0 Å². The van der Waals surface area contributed by atoms with Gasteiger partial charge in [0.1, 0.15) is 11.2 Å². The Labute approximate surface area is 288 Å². The molecule has 0 amide bonds. The number of furan rings is 1. The Balaban J connectivity index is 1.04. The molecule has 50 heavy (non-hydrogen) atoms. The first-order valence-electron chi connectivity index (χ1n) is 17.2. The molecular formula is C48H29NO. The van der Waals surface area contributed by atoms with Crippen LogP contribution in [-0.2, 0) is 0 Å². The minimum Gasteiger partial charge on any atom is -0.455 e. The van der Waals surface area contributed by atoms with Crippen LogP contribution in [-0.4, -0.2) is 4.57 Å². The van der Waals surface area contributed by atoms with Crippen LogP contribution in [0.1, 0.15) is 0 Å². The molecule has 0 fully saturated rings. The molecule has 0 saturated heterocycles. The molecule has 0 aliphatic carbocycles. The Morgan fingerprint density at radius 1 is 0.320 bits per heavy atom. The van der Waals surface area contributed by atoms with Crippen LogP contribution in [0.15, 0.2) is 180 Å². The lowest BCUT2D eigenvalue weighted by Gasteiger charge is -2.13. The minimum absolute atomic E-state index is 0.918. The van der Waals surface area contributed by atoms with Crippen molar-refractivity contribution < 1.29 is 4.42 Å². The Kier molecular flexibility index (Phi) is 5.70. The molecule has 11 rings (SSSR count). The number of benzene rings is 9. The third-order valence-electron chi connectivity index (χ3n) is 10.6. The summed E-state index contributed by atoms with van der Waals surface area (Å²) < 4.78 is 8.81. The van der Waals surface area contributed by atoms with Crippen LogP contribution in [0.2, 0.25) is 0 Å². The van der Waals surface area contributed by atoms with Gasteiger partial charge >= 0.3 is 0 Å². The van der Waals surface area contributed by atoms with Crippen LogP contribution >= 0.6 is 0 Å². The lowest BCUT2D eigenvalue weighted by atomic mass is 9.92. The first kappa shape index (κ1) is 27.3. The Morgan fingerprint density at radius 2 is 0.860 bits per heavy atom. The number of aromatic nitrogens is 1. The average Bonchev–Trinajstić information content (AvgIpc) is 3.74. The molecule has 0 aliphatic heterocycles. The van der Waals surface area contributed by atoms with Crippen LogP contribution in [0.4, 0.5) is 0 Å². The molecule has 0 radical (unpaired) electrons. The van der Waals surface area contributed by atoms with Crippen molar-refractivity contribution >= 4 is 76.1 Å². The van der Waals surface area contributed by atoms with Gasteiger partial charge in [0.15, 0.2) is 0 Å². The number of rotatable bonds is 3. The van der Waals surface area contributed by atoms with E-state index in [4.69, 9.17) is 4.42 Å². The van der Waals surface area contributed by atoms with E-state index < -0.39 is 0 Å². The second-order valence-corrected chi connectivity index (χ2v) is 13.3. The van der Waals surface area contributed by atoms with Crippen molar-refractivity contribution in [2.45, 2.75) is 0 Å². The van der Waals surface area contributed by atoms with E-state index in [-0.39, 0.29) is 0 Å². The van der Waals surface area contributed by atoms with Crippen molar-refractivity contribution in [3.8, 4) is 27.9 Å². The predicted octanol–water partition coefficient (Wildman–Crippen LogP) is 13.5. The van der Waals surface area contributed by atoms with Crippen molar-refractivity contribution in [1.82, 2.24) is 4.57 Å². The fraction of sp³-hybridized carbons (Fsp3) is 0. The van der Waals surface area contributed by atoms with Gasteiger partial charge in [0.25, 0.3) is 0 Å². The summed E-state index contributed by atoms with van der Waals surface area (Å²) in [5.41, 5.74) is 10.1. The van der Waals surface area contributed by atoms with Crippen LogP contribution in [0.25, 0.3) is 104 Å². The van der Waals surface area contributed by atoms with E-state index in [9.17, 15) is 0 Å². The fourth-order valence-electron chi connectivity index (χ4n) is 8.28. The van der Waals surface area contributed by atoms with Gasteiger partial charge in [-0.25, -0.2) is 0 Å². The molecule has 0 spiro atoms. The zero-order valence-corrected chi connectivity index (χ0v) is 27.1. The number of para-hydroxylation sites is 3. The number of hydrogen-bond donors (Lipinski definition) is 0. The largest absolute Gasteiger partial charge is 0.455 e. The summed E-state index contributed by atoms with van der Waals surface area (Å²) in [6.07, 6.45) is 0. The predicted molar refractivity (Wildman–Crippen MR) is 211 cm³/mol. The lowest BCUT2D eigenvalue weighted by molar-refractivity contribution is 0.670. The zero-order chi connectivity index (χ0) is 32.8. The molecule has 2 heterocycles. The summed E-state index contributed by atoms with van der Waals surface area (Å²) >= 11 is 0. The van der Waals surface area contributed by atoms with Crippen LogP contribution in [0.3, 0.4) is 0 Å². The summed E-state index contributed by atoms with van der Waals surface area (Å²) in [4.78, 5) is 0. The van der Waals surface area contributed by atoms with Crippen LogP contribution < -0.4 is 0 Å². The molecule has 9 aromatic carbocycles. The maximum atomic E-state index is 6.42. The second kappa shape index (κ2) is 10.4. The molecule has 0 bridgehead atoms. The lowest BCUT2D eigenvalue weighted by Crippen LogP contribution is -1.93. The Morgan fingerprint density at radius 3 is 1.62 bits per heavy atom. The first-order chi connectivity index (χ1) is 24.8. The monoisotopic (exact) mass is 635 g/mol. The highest BCUT2D eigenvalue weighted by atomic mass is 16.3. The molecule has 2 heteroatoms. The topological polar surface area (TPSA) is 18.1 Å². The van der Waals surface area contributed by atoms with Crippen molar-refractivity contribution in [2.75, 3.05) is 0 Å². The van der Waals surface area contributed by atoms with Gasteiger partial charge in [-0.05, 0) is 91.5 Å². The van der Waals surface area contributed by atoms with Gasteiger partial charge in [-0.2, -0.15) is 0 Å². The molecule has 0 saturated carbocycles. The standard InChI is InChI=1S/C48H29NO/c1-2-12-37-35(10-1)36-11-3-4-13-38(36)43-28-31(22-26-39(37)43)30-20-24-33(25-21-30)49-45-18-7-5-14-40(45)44-29-32(23-27-46(44)49)34-16-9-17-42-41-15-6-8-19-47(41)50-48(34)42/h1-29H. The molecule has 11 aromatic rings. The molecular weight excluding hydrogens is 607 g/mol. The summed E-state index contributed by atoms with van der Waals surface area (Å²) in [6.45, 7) is 0. The molecule has 0 N–H and O–H groups in total. The number of fused-ring (bicyclic) bond motifs is 12. The third-order valence-corrected chi connectivity index (χ3v) is 10.6. The molecule has 2 aromatic heterocycles. The van der Waals surface area contributed by atoms with Crippen LogP contribution in [0.5, 0.6) is 0 Å². The Bertz CT molecular complexity index is 3110. The highest BCUT2D eigenvalue weighted by Gasteiger charge is 2.17. The smallest absolute Gasteiger partial charge is 0.143 e. The summed E-state index contributed by atoms with van der Waals surface area (Å²) in [7, 11) is 0. The van der Waals surface area contributed by atoms with Crippen molar-refractivity contribution in [3.63, 3.8) is 0 Å². The second-order valence-electron chi connectivity index (χ2n) is 13.3. The molecule has 0 aliphatic rings. The summed E-state index contributed by atoms with van der Waals surface area (Å²) in [6, 6.07) is 63.8. The van der Waals surface area contributed by atoms with Gasteiger partial charge in [0.05, 0.1) is 11.0 Å². The minimum atomic E-state index is 0.918. The fourth-order valence-corrected chi connectivity index (χ4v) is 8.28. The Hall–Kier alpha value is -6.64. The zero-order valence-electron chi connectivity index (χ0n) is 27.1. The van der Waals surface area contributed by atoms with Gasteiger partial charge in [-0.3, -0.25) is 0 Å². The summed E-state index contributed by atoms with van der Waals surface area (Å²) in [5.74, 6) is 0. The number of nitrogens with zero attached hydrogens (tertiary/aromatic N) is 1. The van der Waals surface area contributed by atoms with Gasteiger partial charge < -0.3 is 8.98 Å². The van der Waals surface area contributed by atoms with E-state index in [1.807, 2.05) is 12.1 Å². The first-order valence-corrected chi connectivity index (χ1v) is 17.2. The van der Waals surface area contributed by atoms with Crippen molar-refractivity contribution in [1.29, 1.82) is 0 Å². The van der Waals surface area contributed by atoms with Crippen molar-refractivity contribution in [2.24, 2.45) is 0 Å². The molecule has 0 atom stereocenters. The van der Waals surface area contributed by atoms with E-state index in [2.05, 4.69) is 168 Å². The maximum Gasteiger partial charge on any atom is 0.143 e. The molecule has 2 nitrogen and oxygen atoms in total. The molecule has 232 valence electrons. The SMILES string of the molecule is c1ccc2c(c1)oc1c(-c3ccc4c(c3)c3ccccc3n4-c3ccc(-c4ccc5c6ccccc6c6ccccc6c5c4)cc3)cccc12. The quantitative estimate of drug-likeness (QED) is 0.177. The van der Waals surface area contributed by atoms with Gasteiger partial charge in [0.2, 0.25) is 0 Å². The van der Waals surface area contributed by atoms with Crippen LogP contribution in [0, 0.1) is 0 Å². The summed E-state index contributed by atoms with van der Waals surface area (Å²) in [5, 5.41) is 12.5.